The zero-order valence-electron chi connectivity index (χ0n) is 7.55. The Kier molecular flexibility index (Phi) is 2.52. The fourth-order valence-electron chi connectivity index (χ4n) is 0.960. The Bertz CT molecular complexity index is 456. The van der Waals surface area contributed by atoms with Gasteiger partial charge in [0.25, 0.3) is 0 Å². The molecule has 13 heteroatoms. The monoisotopic (exact) mass is 247 g/mol. The molecule has 0 spiro atoms. The summed E-state index contributed by atoms with van der Waals surface area (Å²) in [6, 6.07) is 0. The number of nitro groups is 3. The summed E-state index contributed by atoms with van der Waals surface area (Å²) in [5.41, 5.74) is 0. The molecular weight excluding hydrogens is 246 g/mol. The second-order valence-corrected chi connectivity index (χ2v) is 2.63. The van der Waals surface area contributed by atoms with Crippen molar-refractivity contribution < 1.29 is 24.4 Å². The Morgan fingerprint density at radius 1 is 1.00 bits per heavy atom. The van der Waals surface area contributed by atoms with Crippen molar-refractivity contribution in [3.8, 4) is 0 Å². The van der Waals surface area contributed by atoms with Gasteiger partial charge in [-0.3, -0.25) is 45.2 Å². The molecule has 0 unspecified atom stereocenters. The molecule has 1 aliphatic heterocycles. The van der Waals surface area contributed by atoms with Gasteiger partial charge in [0.2, 0.25) is 0 Å². The topological polar surface area (TPSA) is 188 Å². The molecule has 1 heterocycles. The third kappa shape index (κ3) is 1.45. The van der Waals surface area contributed by atoms with Crippen LogP contribution in [0.3, 0.4) is 0 Å². The summed E-state index contributed by atoms with van der Waals surface area (Å²) in [5, 5.41) is 32.8. The number of aliphatic imine (C=N–C) groups is 1. The van der Waals surface area contributed by atoms with E-state index in [0.29, 0.717) is 0 Å². The lowest BCUT2D eigenvalue weighted by Crippen LogP contribution is -2.62. The lowest BCUT2D eigenvalue weighted by molar-refractivity contribution is -0.945. The number of hydrogen-bond donors (Lipinski definition) is 1. The van der Waals surface area contributed by atoms with Crippen molar-refractivity contribution in [3.05, 3.63) is 30.3 Å². The van der Waals surface area contributed by atoms with Crippen LogP contribution in [-0.2, 0) is 9.59 Å². The van der Waals surface area contributed by atoms with E-state index >= 15 is 0 Å². The van der Waals surface area contributed by atoms with E-state index in [1.807, 2.05) is 0 Å². The average molecular weight is 247 g/mol. The van der Waals surface area contributed by atoms with E-state index in [1.165, 1.54) is 5.32 Å². The maximum absolute atomic E-state index is 10.7. The highest BCUT2D eigenvalue weighted by Crippen LogP contribution is 2.16. The van der Waals surface area contributed by atoms with Crippen LogP contribution in [-0.4, -0.2) is 38.2 Å². The zero-order chi connectivity index (χ0) is 13.4. The average Bonchev–Trinajstić information content (AvgIpc) is 2.45. The van der Waals surface area contributed by atoms with Crippen molar-refractivity contribution in [1.29, 1.82) is 0 Å². The van der Waals surface area contributed by atoms with Gasteiger partial charge in [0.1, 0.15) is 0 Å². The van der Waals surface area contributed by atoms with Crippen LogP contribution in [0, 0.1) is 30.3 Å². The molecule has 1 N–H and O–H groups in total. The highest BCUT2D eigenvalue weighted by atomic mass is 16.7. The molecule has 0 aromatic rings. The van der Waals surface area contributed by atoms with Crippen LogP contribution >= 0.6 is 0 Å². The van der Waals surface area contributed by atoms with Crippen molar-refractivity contribution in [1.82, 2.24) is 5.32 Å². The summed E-state index contributed by atoms with van der Waals surface area (Å²) in [7, 11) is 0. The molecule has 0 bridgehead atoms. The zero-order valence-corrected chi connectivity index (χ0v) is 7.55. The summed E-state index contributed by atoms with van der Waals surface area (Å²) in [6.07, 6.45) is 0. The number of amidine groups is 1. The van der Waals surface area contributed by atoms with Gasteiger partial charge in [0, 0.05) is 0 Å². The van der Waals surface area contributed by atoms with E-state index in [-0.39, 0.29) is 0 Å². The van der Waals surface area contributed by atoms with Gasteiger partial charge in [-0.05, 0) is 0 Å². The van der Waals surface area contributed by atoms with E-state index in [4.69, 9.17) is 0 Å². The summed E-state index contributed by atoms with van der Waals surface area (Å²) in [4.78, 5) is 49.7. The molecule has 0 aromatic heterocycles. The SMILES string of the molecule is O=C1N=C(C([N+](=O)[O-])([N+](=O)[O-])[N+](=O)[O-])NC1=O. The minimum Gasteiger partial charge on any atom is -0.286 e. The Morgan fingerprint density at radius 3 is 1.65 bits per heavy atom. The molecule has 90 valence electrons. The fourth-order valence-corrected chi connectivity index (χ4v) is 0.960. The quantitative estimate of drug-likeness (QED) is 0.244. The Balaban J connectivity index is 3.45. The summed E-state index contributed by atoms with van der Waals surface area (Å²) >= 11 is 0. The first-order valence-corrected chi connectivity index (χ1v) is 3.62. The van der Waals surface area contributed by atoms with Gasteiger partial charge in [0.15, 0.2) is 14.8 Å². The first kappa shape index (κ1) is 12.1. The summed E-state index contributed by atoms with van der Waals surface area (Å²) in [5.74, 6) is -8.75. The van der Waals surface area contributed by atoms with Gasteiger partial charge in [-0.1, -0.05) is 0 Å². The molecule has 13 nitrogen and oxygen atoms in total. The van der Waals surface area contributed by atoms with E-state index in [9.17, 15) is 39.9 Å². The second kappa shape index (κ2) is 3.54. The van der Waals surface area contributed by atoms with Crippen LogP contribution in [0.15, 0.2) is 4.99 Å². The van der Waals surface area contributed by atoms with Gasteiger partial charge in [-0.25, -0.2) is 0 Å². The van der Waals surface area contributed by atoms with Crippen molar-refractivity contribution in [2.75, 3.05) is 0 Å². The smallest absolute Gasteiger partial charge is 0.286 e. The molecular formula is C4HN5O8. The fraction of sp³-hybridized carbons (Fsp3) is 0.250. The maximum atomic E-state index is 10.7. The summed E-state index contributed by atoms with van der Waals surface area (Å²) in [6.45, 7) is 0. The minimum absolute atomic E-state index is 1.33. The summed E-state index contributed by atoms with van der Waals surface area (Å²) < 4.78 is 0. The highest BCUT2D eigenvalue weighted by molar-refractivity contribution is 6.44. The molecule has 1 rings (SSSR count). The van der Waals surface area contributed by atoms with Gasteiger partial charge in [-0.15, -0.1) is 0 Å². The lowest BCUT2D eigenvalue weighted by atomic mass is 10.3. The molecule has 1 aliphatic rings. The molecule has 0 fully saturated rings. The molecule has 0 aromatic carbocycles. The molecule has 0 saturated carbocycles. The molecule has 0 atom stereocenters. The van der Waals surface area contributed by atoms with Crippen LogP contribution in [0.25, 0.3) is 0 Å². The third-order valence-corrected chi connectivity index (χ3v) is 1.72. The number of carbonyl (C=O) groups excluding carboxylic acids is 2. The minimum atomic E-state index is -4.10. The second-order valence-electron chi connectivity index (χ2n) is 2.63. The first-order valence-electron chi connectivity index (χ1n) is 3.62. The number of nitrogens with zero attached hydrogens (tertiary/aromatic N) is 4. The molecule has 0 radical (unpaired) electrons. The number of amides is 2. The molecule has 2 amide bonds. The standard InChI is InChI=1S/C4HN5O8/c10-1-2(11)6-3(5-1)4(7(12)13,8(14)15)9(16)17/h(H,5,6,10,11). The molecule has 17 heavy (non-hydrogen) atoms. The van der Waals surface area contributed by atoms with Crippen LogP contribution < -0.4 is 5.32 Å². The van der Waals surface area contributed by atoms with Crippen molar-refractivity contribution >= 4 is 17.6 Å². The van der Waals surface area contributed by atoms with Crippen LogP contribution in [0.2, 0.25) is 0 Å². The largest absolute Gasteiger partial charge is 0.761 e. The van der Waals surface area contributed by atoms with Gasteiger partial charge in [0.05, 0.1) is 0 Å². The highest BCUT2D eigenvalue weighted by Gasteiger charge is 2.78. The Labute approximate surface area is 89.6 Å². The third-order valence-electron chi connectivity index (χ3n) is 1.72. The Morgan fingerprint density at radius 2 is 1.41 bits per heavy atom. The predicted molar refractivity (Wildman–Crippen MR) is 44.3 cm³/mol. The van der Waals surface area contributed by atoms with E-state index in [2.05, 4.69) is 4.99 Å². The van der Waals surface area contributed by atoms with Crippen molar-refractivity contribution in [3.63, 3.8) is 0 Å². The first-order chi connectivity index (χ1) is 7.74. The normalized spacial score (nSPS) is 15.2. The van der Waals surface area contributed by atoms with Crippen LogP contribution in [0.4, 0.5) is 0 Å². The predicted octanol–water partition coefficient (Wildman–Crippen LogP) is -2.47. The number of hydrogen-bond acceptors (Lipinski definition) is 8. The molecule has 0 aliphatic carbocycles. The van der Waals surface area contributed by atoms with Gasteiger partial charge < -0.3 is 0 Å². The van der Waals surface area contributed by atoms with Crippen molar-refractivity contribution in [2.24, 2.45) is 4.99 Å². The van der Waals surface area contributed by atoms with E-state index < -0.39 is 38.2 Å². The van der Waals surface area contributed by atoms with E-state index in [1.54, 1.807) is 0 Å². The van der Waals surface area contributed by atoms with Gasteiger partial charge in [-0.2, -0.15) is 4.99 Å². The van der Waals surface area contributed by atoms with Crippen LogP contribution in [0.1, 0.15) is 0 Å². The lowest BCUT2D eigenvalue weighted by Gasteiger charge is -2.06. The Hall–Kier alpha value is -2.99. The van der Waals surface area contributed by atoms with Crippen LogP contribution in [0.5, 0.6) is 0 Å². The molecule has 0 saturated heterocycles. The van der Waals surface area contributed by atoms with Crippen molar-refractivity contribution in [2.45, 2.75) is 5.79 Å². The van der Waals surface area contributed by atoms with E-state index in [0.717, 1.165) is 0 Å². The number of carbonyl (C=O) groups is 2. The maximum Gasteiger partial charge on any atom is 0.761 e. The van der Waals surface area contributed by atoms with Gasteiger partial charge >= 0.3 is 23.4 Å². The number of rotatable bonds is 4. The number of nitrogens with one attached hydrogen (secondary N) is 1.